The molecule has 0 saturated carbocycles. The van der Waals surface area contributed by atoms with Gasteiger partial charge in [0.1, 0.15) is 18.1 Å². The molecule has 3 rings (SSSR count). The molecule has 0 aliphatic rings. The van der Waals surface area contributed by atoms with E-state index in [1.165, 1.54) is 33.3 Å². The Bertz CT molecular complexity index is 1130. The summed E-state index contributed by atoms with van der Waals surface area (Å²) in [5.74, 6) is 0.685. The molecule has 176 valence electrons. The highest BCUT2D eigenvalue weighted by Crippen LogP contribution is 2.38. The number of ketones is 1. The summed E-state index contributed by atoms with van der Waals surface area (Å²) in [4.78, 5) is 11.9. The molecule has 0 saturated heterocycles. The number of nitrogens with zero attached hydrogens (tertiary/aromatic N) is 1. The highest BCUT2D eigenvalue weighted by molar-refractivity contribution is 5.77. The molecule has 1 atom stereocenters. The first-order valence-corrected chi connectivity index (χ1v) is 10.2. The topological polar surface area (TPSA) is 73.4 Å². The van der Waals surface area contributed by atoms with E-state index in [2.05, 4.69) is 10.2 Å². The van der Waals surface area contributed by atoms with E-state index < -0.39 is 11.7 Å². The maximum atomic E-state index is 13.4. The van der Waals surface area contributed by atoms with Crippen molar-refractivity contribution in [1.82, 2.24) is 10.2 Å². The van der Waals surface area contributed by atoms with Crippen molar-refractivity contribution in [2.45, 2.75) is 39.0 Å². The van der Waals surface area contributed by atoms with E-state index in [0.717, 1.165) is 22.9 Å². The van der Waals surface area contributed by atoms with Crippen LogP contribution in [-0.4, -0.2) is 30.2 Å². The Morgan fingerprint density at radius 1 is 1.09 bits per heavy atom. The van der Waals surface area contributed by atoms with Crippen LogP contribution in [0.5, 0.6) is 17.2 Å². The number of methoxy groups -OCH3 is 2. The van der Waals surface area contributed by atoms with Crippen LogP contribution in [0.25, 0.3) is 0 Å². The first kappa shape index (κ1) is 24.2. The van der Waals surface area contributed by atoms with Gasteiger partial charge in [0.2, 0.25) is 0 Å². The first-order chi connectivity index (χ1) is 15.6. The molecule has 1 N–H and O–H groups in total. The third-order valence-corrected chi connectivity index (χ3v) is 5.33. The maximum Gasteiger partial charge on any atom is 0.416 e. The quantitative estimate of drug-likeness (QED) is 0.458. The molecule has 0 bridgehead atoms. The average molecular weight is 462 g/mol. The molecule has 0 aliphatic heterocycles. The predicted octanol–water partition coefficient (Wildman–Crippen LogP) is 5.44. The number of aryl methyl sites for hydroxylation is 1. The number of nitrogens with one attached hydrogen (secondary N) is 1. The largest absolute Gasteiger partial charge is 0.497 e. The summed E-state index contributed by atoms with van der Waals surface area (Å²) in [7, 11) is 2.83. The van der Waals surface area contributed by atoms with Crippen molar-refractivity contribution in [3.8, 4) is 17.2 Å². The van der Waals surface area contributed by atoms with Gasteiger partial charge < -0.3 is 14.2 Å². The minimum absolute atomic E-state index is 0.0117. The van der Waals surface area contributed by atoms with E-state index in [-0.39, 0.29) is 36.0 Å². The van der Waals surface area contributed by atoms with Crippen LogP contribution in [0, 0.1) is 6.92 Å². The maximum absolute atomic E-state index is 13.4. The Morgan fingerprint density at radius 3 is 2.42 bits per heavy atom. The van der Waals surface area contributed by atoms with Crippen molar-refractivity contribution in [1.29, 1.82) is 0 Å². The number of carbonyl (C=O) groups excluding carboxylic acids is 1. The van der Waals surface area contributed by atoms with Crippen molar-refractivity contribution >= 4 is 5.78 Å². The molecule has 1 aromatic heterocycles. The van der Waals surface area contributed by atoms with Crippen LogP contribution in [0.15, 0.2) is 42.6 Å². The van der Waals surface area contributed by atoms with Gasteiger partial charge in [0, 0.05) is 29.7 Å². The van der Waals surface area contributed by atoms with Crippen molar-refractivity contribution in [2.24, 2.45) is 0 Å². The van der Waals surface area contributed by atoms with E-state index in [9.17, 15) is 18.0 Å². The smallest absolute Gasteiger partial charge is 0.416 e. The Morgan fingerprint density at radius 2 is 1.85 bits per heavy atom. The molecule has 0 aliphatic carbocycles. The summed E-state index contributed by atoms with van der Waals surface area (Å²) in [6.07, 6.45) is -2.51. The number of hydrogen-bond donors (Lipinski definition) is 1. The summed E-state index contributed by atoms with van der Waals surface area (Å²) in [5, 5.41) is 6.95. The van der Waals surface area contributed by atoms with Crippen LogP contribution in [0.4, 0.5) is 13.2 Å². The molecule has 0 radical (unpaired) electrons. The van der Waals surface area contributed by atoms with E-state index >= 15 is 0 Å². The molecule has 1 unspecified atom stereocenters. The van der Waals surface area contributed by atoms with Crippen LogP contribution >= 0.6 is 0 Å². The Hall–Kier alpha value is -3.49. The minimum Gasteiger partial charge on any atom is -0.497 e. The molecular formula is C24H25F3N2O4. The lowest BCUT2D eigenvalue weighted by molar-refractivity contribution is -0.138. The standard InChI is InChI=1S/C24H25F3N2O4/c1-14(30)9-19(20-12-28-29-15(20)2)16-5-8-22(23(11-16)32-4)33-13-17-10-18(31-3)6-7-21(17)24(25,26)27/h5-8,10-12,19H,9,13H2,1-4H3,(H,28,29). The SMILES string of the molecule is COc1ccc(C(F)(F)F)c(COc2ccc(C(CC(C)=O)c3c[nH]nc3C)cc2OC)c1. The monoisotopic (exact) mass is 462 g/mol. The number of halogens is 3. The molecule has 9 heteroatoms. The lowest BCUT2D eigenvalue weighted by Gasteiger charge is -2.19. The van der Waals surface area contributed by atoms with Gasteiger partial charge in [-0.3, -0.25) is 9.89 Å². The van der Waals surface area contributed by atoms with Gasteiger partial charge in [0.05, 0.1) is 25.5 Å². The molecule has 6 nitrogen and oxygen atoms in total. The summed E-state index contributed by atoms with van der Waals surface area (Å²) >= 11 is 0. The zero-order valence-electron chi connectivity index (χ0n) is 18.7. The Balaban J connectivity index is 1.91. The third kappa shape index (κ3) is 5.66. The lowest BCUT2D eigenvalue weighted by Crippen LogP contribution is -2.11. The van der Waals surface area contributed by atoms with Crippen LogP contribution in [0.2, 0.25) is 0 Å². The van der Waals surface area contributed by atoms with Gasteiger partial charge in [-0.25, -0.2) is 0 Å². The van der Waals surface area contributed by atoms with Crippen LogP contribution in [0.1, 0.15) is 47.2 Å². The zero-order valence-corrected chi connectivity index (χ0v) is 18.7. The molecule has 0 amide bonds. The molecule has 1 heterocycles. The van der Waals surface area contributed by atoms with E-state index in [1.807, 2.05) is 6.92 Å². The third-order valence-electron chi connectivity index (χ3n) is 5.33. The number of rotatable bonds is 9. The molecule has 33 heavy (non-hydrogen) atoms. The van der Waals surface area contributed by atoms with Crippen molar-refractivity contribution in [3.63, 3.8) is 0 Å². The van der Waals surface area contributed by atoms with E-state index in [1.54, 1.807) is 24.4 Å². The number of ether oxygens (including phenoxy) is 3. The highest BCUT2D eigenvalue weighted by Gasteiger charge is 2.33. The van der Waals surface area contributed by atoms with Crippen LogP contribution in [0.3, 0.4) is 0 Å². The number of H-pyrrole nitrogens is 1. The Kier molecular flexibility index (Phi) is 7.30. The van der Waals surface area contributed by atoms with Gasteiger partial charge in [-0.2, -0.15) is 18.3 Å². The molecule has 0 fully saturated rings. The van der Waals surface area contributed by atoms with Gasteiger partial charge in [0.15, 0.2) is 11.5 Å². The summed E-state index contributed by atoms with van der Waals surface area (Å²) in [6, 6.07) is 8.66. The summed E-state index contributed by atoms with van der Waals surface area (Å²) in [5.41, 5.74) is 1.61. The first-order valence-electron chi connectivity index (χ1n) is 10.2. The van der Waals surface area contributed by atoms with Crippen molar-refractivity contribution in [2.75, 3.05) is 14.2 Å². The van der Waals surface area contributed by atoms with Gasteiger partial charge in [-0.1, -0.05) is 6.07 Å². The minimum atomic E-state index is -4.53. The lowest BCUT2D eigenvalue weighted by atomic mass is 9.87. The number of hydrogen-bond acceptors (Lipinski definition) is 5. The predicted molar refractivity (Wildman–Crippen MR) is 116 cm³/mol. The van der Waals surface area contributed by atoms with E-state index in [0.29, 0.717) is 11.5 Å². The summed E-state index contributed by atoms with van der Waals surface area (Å²) < 4.78 is 56.4. The van der Waals surface area contributed by atoms with Crippen LogP contribution < -0.4 is 14.2 Å². The number of aromatic nitrogens is 2. The number of carbonyl (C=O) groups is 1. The fraction of sp³-hybridized carbons (Fsp3) is 0.333. The van der Waals surface area contributed by atoms with Crippen molar-refractivity contribution < 1.29 is 32.2 Å². The van der Waals surface area contributed by atoms with Gasteiger partial charge in [-0.05, 0) is 49.7 Å². The molecule has 0 spiro atoms. The second-order valence-electron chi connectivity index (χ2n) is 7.60. The summed E-state index contributed by atoms with van der Waals surface area (Å²) in [6.45, 7) is 3.03. The normalized spacial score (nSPS) is 12.3. The number of benzene rings is 2. The van der Waals surface area contributed by atoms with Crippen molar-refractivity contribution in [3.05, 3.63) is 70.5 Å². The molecule has 3 aromatic rings. The number of alkyl halides is 3. The zero-order chi connectivity index (χ0) is 24.2. The second-order valence-corrected chi connectivity index (χ2v) is 7.60. The second kappa shape index (κ2) is 9.97. The Labute approximate surface area is 189 Å². The number of Topliss-reactive ketones (excluding diaryl/α,β-unsaturated/α-hetero) is 1. The van der Waals surface area contributed by atoms with Gasteiger partial charge >= 0.3 is 6.18 Å². The fourth-order valence-corrected chi connectivity index (χ4v) is 3.68. The van der Waals surface area contributed by atoms with E-state index in [4.69, 9.17) is 14.2 Å². The molecular weight excluding hydrogens is 437 g/mol. The van der Waals surface area contributed by atoms with Crippen LogP contribution in [-0.2, 0) is 17.6 Å². The average Bonchev–Trinajstić information content (AvgIpc) is 3.20. The van der Waals surface area contributed by atoms with Gasteiger partial charge in [0.25, 0.3) is 0 Å². The fourth-order valence-electron chi connectivity index (χ4n) is 3.68. The highest BCUT2D eigenvalue weighted by atomic mass is 19.4. The number of aromatic amines is 1. The molecule has 2 aromatic carbocycles. The van der Waals surface area contributed by atoms with Gasteiger partial charge in [-0.15, -0.1) is 0 Å².